The highest BCUT2D eigenvalue weighted by Gasteiger charge is 2.12. The fourth-order valence-electron chi connectivity index (χ4n) is 2.01. The summed E-state index contributed by atoms with van der Waals surface area (Å²) in [6, 6.07) is 18.3. The molecule has 0 fully saturated rings. The molecule has 0 aliphatic rings. The fraction of sp³-hybridized carbons (Fsp3) is 0.188. The number of alkyl halides is 1. The van der Waals surface area contributed by atoms with E-state index < -0.39 is 0 Å². The first-order chi connectivity index (χ1) is 9.76. The van der Waals surface area contributed by atoms with Gasteiger partial charge in [0.05, 0.1) is 18.2 Å². The summed E-state index contributed by atoms with van der Waals surface area (Å²) in [5.41, 5.74) is 3.18. The smallest absolute Gasteiger partial charge is 0.0640 e. The number of nitrogens with zero attached hydrogens (tertiary/aromatic N) is 2. The second-order valence-corrected chi connectivity index (χ2v) is 5.44. The summed E-state index contributed by atoms with van der Waals surface area (Å²) in [6.07, 6.45) is 0.471. The topological polar surface area (TPSA) is 27.0 Å². The summed E-state index contributed by atoms with van der Waals surface area (Å²) in [7, 11) is 0. The first kappa shape index (κ1) is 14.9. The lowest BCUT2D eigenvalue weighted by molar-refractivity contribution is 0.945. The van der Waals surface area contributed by atoms with Crippen molar-refractivity contribution in [1.82, 2.24) is 0 Å². The Morgan fingerprint density at radius 2 is 1.90 bits per heavy atom. The Morgan fingerprint density at radius 1 is 1.15 bits per heavy atom. The molecule has 2 rings (SSSR count). The number of para-hydroxylation sites is 1. The maximum absolute atomic E-state index is 8.85. The van der Waals surface area contributed by atoms with E-state index in [1.807, 2.05) is 48.5 Å². The minimum absolute atomic E-state index is 0.471. The van der Waals surface area contributed by atoms with E-state index in [2.05, 4.69) is 26.9 Å². The van der Waals surface area contributed by atoms with Crippen molar-refractivity contribution in [3.63, 3.8) is 0 Å². The highest BCUT2D eigenvalue weighted by atomic mass is 79.9. The molecule has 2 aromatic carbocycles. The van der Waals surface area contributed by atoms with Crippen LogP contribution in [-0.4, -0.2) is 6.54 Å². The van der Waals surface area contributed by atoms with E-state index in [0.717, 1.165) is 21.4 Å². The molecule has 0 saturated carbocycles. The van der Waals surface area contributed by atoms with Crippen LogP contribution in [0.2, 0.25) is 0 Å². The van der Waals surface area contributed by atoms with E-state index in [0.29, 0.717) is 18.8 Å². The van der Waals surface area contributed by atoms with E-state index in [-0.39, 0.29) is 0 Å². The Labute approximate surface area is 132 Å². The van der Waals surface area contributed by atoms with Crippen LogP contribution in [0.1, 0.15) is 12.0 Å². The standard InChI is InChI=1S/C16H14BrClN2/c17-15-11-13(12-18)7-8-16(15)20(10-4-9-19)14-5-2-1-3-6-14/h1-3,5-8,11H,4,10,12H2. The van der Waals surface area contributed by atoms with Crippen molar-refractivity contribution in [2.75, 3.05) is 11.4 Å². The first-order valence-corrected chi connectivity index (χ1v) is 7.63. The molecule has 102 valence electrons. The Hall–Kier alpha value is -1.50. The third kappa shape index (κ3) is 3.53. The van der Waals surface area contributed by atoms with Gasteiger partial charge in [0.1, 0.15) is 0 Å². The molecule has 2 aromatic rings. The highest BCUT2D eigenvalue weighted by molar-refractivity contribution is 9.10. The van der Waals surface area contributed by atoms with Crippen LogP contribution in [0.25, 0.3) is 0 Å². The van der Waals surface area contributed by atoms with Gasteiger partial charge in [-0.1, -0.05) is 24.3 Å². The number of halogens is 2. The van der Waals surface area contributed by atoms with Crippen LogP contribution < -0.4 is 4.90 Å². The van der Waals surface area contributed by atoms with Gasteiger partial charge in [0.25, 0.3) is 0 Å². The molecule has 4 heteroatoms. The monoisotopic (exact) mass is 348 g/mol. The second kappa shape index (κ2) is 7.33. The van der Waals surface area contributed by atoms with Gasteiger partial charge < -0.3 is 4.90 Å². The van der Waals surface area contributed by atoms with Crippen LogP contribution in [0.15, 0.2) is 53.0 Å². The lowest BCUT2D eigenvalue weighted by Gasteiger charge is -2.25. The summed E-state index contributed by atoms with van der Waals surface area (Å²) >= 11 is 9.45. The van der Waals surface area contributed by atoms with Crippen LogP contribution in [0.4, 0.5) is 11.4 Å². The number of benzene rings is 2. The molecule has 0 heterocycles. The van der Waals surface area contributed by atoms with Gasteiger partial charge in [-0.3, -0.25) is 0 Å². The molecule has 0 atom stereocenters. The minimum atomic E-state index is 0.471. The molecule has 0 bridgehead atoms. The molecule has 0 spiro atoms. The van der Waals surface area contributed by atoms with E-state index in [1.54, 1.807) is 0 Å². The van der Waals surface area contributed by atoms with E-state index in [4.69, 9.17) is 16.9 Å². The van der Waals surface area contributed by atoms with Crippen LogP contribution >= 0.6 is 27.5 Å². The quantitative estimate of drug-likeness (QED) is 0.690. The normalized spacial score (nSPS) is 10.1. The SMILES string of the molecule is N#CCCN(c1ccccc1)c1ccc(CCl)cc1Br. The average molecular weight is 350 g/mol. The Bertz CT molecular complexity index is 608. The molecule has 0 aliphatic heterocycles. The lowest BCUT2D eigenvalue weighted by atomic mass is 10.2. The molecule has 20 heavy (non-hydrogen) atoms. The number of hydrogen-bond donors (Lipinski definition) is 0. The third-order valence-corrected chi connectivity index (χ3v) is 3.92. The zero-order chi connectivity index (χ0) is 14.4. The number of nitriles is 1. The third-order valence-electron chi connectivity index (χ3n) is 2.97. The van der Waals surface area contributed by atoms with Gasteiger partial charge in [-0.05, 0) is 45.8 Å². The average Bonchev–Trinajstić information content (AvgIpc) is 2.50. The van der Waals surface area contributed by atoms with Crippen LogP contribution in [0.5, 0.6) is 0 Å². The zero-order valence-electron chi connectivity index (χ0n) is 10.9. The van der Waals surface area contributed by atoms with Gasteiger partial charge in [0.2, 0.25) is 0 Å². The van der Waals surface area contributed by atoms with Gasteiger partial charge in [0, 0.05) is 22.6 Å². The molecule has 0 amide bonds. The van der Waals surface area contributed by atoms with Gasteiger partial charge in [0.15, 0.2) is 0 Å². The summed E-state index contributed by atoms with van der Waals surface area (Å²) in [5.74, 6) is 0.489. The van der Waals surface area contributed by atoms with Gasteiger partial charge in [-0.15, -0.1) is 11.6 Å². The molecule has 0 aliphatic carbocycles. The Morgan fingerprint density at radius 3 is 2.50 bits per heavy atom. The second-order valence-electron chi connectivity index (χ2n) is 4.31. The van der Waals surface area contributed by atoms with Crippen molar-refractivity contribution in [3.05, 3.63) is 58.6 Å². The molecule has 0 saturated heterocycles. The highest BCUT2D eigenvalue weighted by Crippen LogP contribution is 2.33. The van der Waals surface area contributed by atoms with Gasteiger partial charge >= 0.3 is 0 Å². The number of anilines is 2. The summed E-state index contributed by atoms with van der Waals surface area (Å²) < 4.78 is 0.984. The van der Waals surface area contributed by atoms with E-state index in [1.165, 1.54) is 0 Å². The summed E-state index contributed by atoms with van der Waals surface area (Å²) in [5, 5.41) is 8.85. The summed E-state index contributed by atoms with van der Waals surface area (Å²) in [4.78, 5) is 2.13. The molecule has 0 aromatic heterocycles. The Balaban J connectivity index is 2.39. The number of hydrogen-bond acceptors (Lipinski definition) is 2. The molecular formula is C16H14BrClN2. The van der Waals surface area contributed by atoms with E-state index in [9.17, 15) is 0 Å². The van der Waals surface area contributed by atoms with Crippen molar-refractivity contribution >= 4 is 38.9 Å². The van der Waals surface area contributed by atoms with Crippen LogP contribution in [0.3, 0.4) is 0 Å². The molecular weight excluding hydrogens is 336 g/mol. The first-order valence-electron chi connectivity index (χ1n) is 6.30. The van der Waals surface area contributed by atoms with Crippen molar-refractivity contribution in [2.24, 2.45) is 0 Å². The largest absolute Gasteiger partial charge is 0.340 e. The number of rotatable bonds is 5. The maximum atomic E-state index is 8.85. The van der Waals surface area contributed by atoms with Gasteiger partial charge in [-0.2, -0.15) is 5.26 Å². The van der Waals surface area contributed by atoms with Gasteiger partial charge in [-0.25, -0.2) is 0 Å². The van der Waals surface area contributed by atoms with Crippen LogP contribution in [-0.2, 0) is 5.88 Å². The van der Waals surface area contributed by atoms with Crippen molar-refractivity contribution < 1.29 is 0 Å². The zero-order valence-corrected chi connectivity index (χ0v) is 13.2. The summed E-state index contributed by atoms with van der Waals surface area (Å²) in [6.45, 7) is 0.652. The predicted molar refractivity (Wildman–Crippen MR) is 87.4 cm³/mol. The predicted octanol–water partition coefficient (Wildman–Crippen LogP) is 5.24. The lowest BCUT2D eigenvalue weighted by Crippen LogP contribution is -2.18. The Kier molecular flexibility index (Phi) is 5.46. The molecule has 2 nitrogen and oxygen atoms in total. The molecule has 0 radical (unpaired) electrons. The molecule has 0 N–H and O–H groups in total. The fourth-order valence-corrected chi connectivity index (χ4v) is 2.82. The minimum Gasteiger partial charge on any atom is -0.340 e. The maximum Gasteiger partial charge on any atom is 0.0640 e. The van der Waals surface area contributed by atoms with Crippen molar-refractivity contribution in [3.8, 4) is 6.07 Å². The van der Waals surface area contributed by atoms with E-state index >= 15 is 0 Å². The van der Waals surface area contributed by atoms with Crippen molar-refractivity contribution in [1.29, 1.82) is 5.26 Å². The van der Waals surface area contributed by atoms with Crippen LogP contribution in [0, 0.1) is 11.3 Å². The van der Waals surface area contributed by atoms with Crippen molar-refractivity contribution in [2.45, 2.75) is 12.3 Å². The molecule has 0 unspecified atom stereocenters.